The van der Waals surface area contributed by atoms with Crippen molar-refractivity contribution in [3.8, 4) is 39.9 Å². The van der Waals surface area contributed by atoms with Crippen LogP contribution in [0.15, 0.2) is 115 Å². The van der Waals surface area contributed by atoms with Gasteiger partial charge in [-0.1, -0.05) is 82.3 Å². The van der Waals surface area contributed by atoms with Crippen molar-refractivity contribution < 1.29 is 9.47 Å². The zero-order valence-corrected chi connectivity index (χ0v) is 26.2. The van der Waals surface area contributed by atoms with Crippen molar-refractivity contribution in [2.45, 2.75) is 39.5 Å². The van der Waals surface area contributed by atoms with Crippen LogP contribution in [-0.4, -0.2) is 26.4 Å². The quantitative estimate of drug-likeness (QED) is 0.176. The lowest BCUT2D eigenvalue weighted by Crippen LogP contribution is -2.05. The first kappa shape index (κ1) is 28.4. The molecule has 0 spiro atoms. The molecule has 0 aliphatic carbocycles. The van der Waals surface area contributed by atoms with E-state index in [1.165, 1.54) is 16.8 Å². The zero-order valence-electron chi connectivity index (χ0n) is 26.2. The smallest absolute Gasteiger partial charge is 0.141 e. The van der Waals surface area contributed by atoms with E-state index < -0.39 is 0 Å². The molecule has 0 aliphatic rings. The molecule has 3 heterocycles. The van der Waals surface area contributed by atoms with Crippen molar-refractivity contribution in [2.75, 3.05) is 7.11 Å². The number of ether oxygens (including phenoxy) is 2. The zero-order chi connectivity index (χ0) is 31.1. The van der Waals surface area contributed by atoms with E-state index in [4.69, 9.17) is 14.6 Å². The van der Waals surface area contributed by atoms with Crippen LogP contribution in [0.5, 0.6) is 17.2 Å². The fourth-order valence-electron chi connectivity index (χ4n) is 6.21. The molecule has 0 aliphatic heterocycles. The van der Waals surface area contributed by atoms with Crippen LogP contribution in [0.1, 0.15) is 50.9 Å². The van der Waals surface area contributed by atoms with Crippen LogP contribution >= 0.6 is 0 Å². The Kier molecular flexibility index (Phi) is 7.34. The van der Waals surface area contributed by atoms with E-state index in [1.807, 2.05) is 30.3 Å². The molecule has 4 aromatic carbocycles. The summed E-state index contributed by atoms with van der Waals surface area (Å²) in [7, 11) is 1.67. The summed E-state index contributed by atoms with van der Waals surface area (Å²) in [5.74, 6) is 3.56. The van der Waals surface area contributed by atoms with Gasteiger partial charge in [-0.15, -0.1) is 0 Å². The normalized spacial score (nSPS) is 11.6. The summed E-state index contributed by atoms with van der Waals surface area (Å²) < 4.78 is 16.3. The van der Waals surface area contributed by atoms with Crippen molar-refractivity contribution >= 4 is 21.8 Å². The van der Waals surface area contributed by atoms with Gasteiger partial charge in [0.2, 0.25) is 0 Å². The molecule has 0 bridgehead atoms. The van der Waals surface area contributed by atoms with E-state index in [0.29, 0.717) is 0 Å². The standard InChI is InChI=1S/C39H36N4O2/c1-25(2)38-37(27-12-7-6-8-13-27)39(26(3)4)43(41-38)28-14-11-15-30(22-28)45-31-18-19-33-32-16-9-10-17-34(32)42(35(33)23-31)36-24-29(44-5)20-21-40-36/h6-26H,1-5H3. The summed E-state index contributed by atoms with van der Waals surface area (Å²) in [6.45, 7) is 8.88. The number of rotatable bonds is 8. The maximum Gasteiger partial charge on any atom is 0.141 e. The SMILES string of the molecule is COc1ccnc(-n2c3ccccc3c3ccc(Oc4cccc(-n5nc(C(C)C)c(-c6ccccc6)c5C(C)C)c4)cc32)c1. The minimum Gasteiger partial charge on any atom is -0.497 e. The minimum absolute atomic E-state index is 0.263. The Bertz CT molecular complexity index is 2140. The molecule has 0 N–H and O–H groups in total. The van der Waals surface area contributed by atoms with Gasteiger partial charge in [0.25, 0.3) is 0 Å². The second-order valence-electron chi connectivity index (χ2n) is 11.9. The Labute approximate surface area is 263 Å². The molecule has 0 atom stereocenters. The molecule has 0 saturated heterocycles. The van der Waals surface area contributed by atoms with Crippen molar-refractivity contribution in [3.63, 3.8) is 0 Å². The molecule has 0 amide bonds. The number of fused-ring (bicyclic) bond motifs is 3. The average molecular weight is 593 g/mol. The number of nitrogens with zero attached hydrogens (tertiary/aromatic N) is 4. The van der Waals surface area contributed by atoms with Gasteiger partial charge in [-0.25, -0.2) is 9.67 Å². The highest BCUT2D eigenvalue weighted by atomic mass is 16.5. The minimum atomic E-state index is 0.263. The van der Waals surface area contributed by atoms with E-state index in [2.05, 4.69) is 121 Å². The Morgan fingerprint density at radius 1 is 0.644 bits per heavy atom. The monoisotopic (exact) mass is 592 g/mol. The molecule has 224 valence electrons. The van der Waals surface area contributed by atoms with E-state index in [9.17, 15) is 0 Å². The number of benzene rings is 4. The molecule has 6 nitrogen and oxygen atoms in total. The first-order chi connectivity index (χ1) is 21.9. The Morgan fingerprint density at radius 2 is 1.40 bits per heavy atom. The first-order valence-electron chi connectivity index (χ1n) is 15.4. The van der Waals surface area contributed by atoms with Crippen molar-refractivity contribution in [1.29, 1.82) is 0 Å². The average Bonchev–Trinajstić information content (AvgIpc) is 3.63. The van der Waals surface area contributed by atoms with Gasteiger partial charge in [0.15, 0.2) is 0 Å². The number of methoxy groups -OCH3 is 1. The maximum atomic E-state index is 6.55. The molecule has 0 fully saturated rings. The predicted octanol–water partition coefficient (Wildman–Crippen LogP) is 10.1. The molecule has 3 aromatic heterocycles. The van der Waals surface area contributed by atoms with Crippen molar-refractivity contribution in [3.05, 3.63) is 127 Å². The molecular formula is C39H36N4O2. The highest BCUT2D eigenvalue weighted by Gasteiger charge is 2.24. The van der Waals surface area contributed by atoms with Crippen LogP contribution in [0.2, 0.25) is 0 Å². The third kappa shape index (κ3) is 5.12. The Morgan fingerprint density at radius 3 is 2.18 bits per heavy atom. The number of hydrogen-bond donors (Lipinski definition) is 0. The maximum absolute atomic E-state index is 6.55. The largest absolute Gasteiger partial charge is 0.497 e. The summed E-state index contributed by atoms with van der Waals surface area (Å²) in [5, 5.41) is 7.47. The topological polar surface area (TPSA) is 54.1 Å². The van der Waals surface area contributed by atoms with Crippen LogP contribution in [0.3, 0.4) is 0 Å². The van der Waals surface area contributed by atoms with Crippen LogP contribution in [-0.2, 0) is 0 Å². The van der Waals surface area contributed by atoms with E-state index in [1.54, 1.807) is 13.3 Å². The van der Waals surface area contributed by atoms with Crippen LogP contribution in [0.25, 0.3) is 44.4 Å². The molecule has 7 rings (SSSR count). The van der Waals surface area contributed by atoms with Gasteiger partial charge in [-0.2, -0.15) is 5.10 Å². The second-order valence-corrected chi connectivity index (χ2v) is 11.9. The lowest BCUT2D eigenvalue weighted by atomic mass is 9.93. The van der Waals surface area contributed by atoms with E-state index in [-0.39, 0.29) is 11.8 Å². The van der Waals surface area contributed by atoms with Gasteiger partial charge in [-0.05, 0) is 53.8 Å². The summed E-state index contributed by atoms with van der Waals surface area (Å²) in [6, 6.07) is 37.2. The number of aromatic nitrogens is 4. The lowest BCUT2D eigenvalue weighted by Gasteiger charge is -2.15. The van der Waals surface area contributed by atoms with Crippen LogP contribution < -0.4 is 9.47 Å². The number of para-hydroxylation sites is 1. The number of pyridine rings is 1. The molecule has 45 heavy (non-hydrogen) atoms. The molecule has 0 radical (unpaired) electrons. The van der Waals surface area contributed by atoms with Gasteiger partial charge in [0.05, 0.1) is 35.2 Å². The Hall–Kier alpha value is -5.36. The summed E-state index contributed by atoms with van der Waals surface area (Å²) in [4.78, 5) is 4.69. The van der Waals surface area contributed by atoms with Crippen molar-refractivity contribution in [1.82, 2.24) is 19.3 Å². The molecular weight excluding hydrogens is 556 g/mol. The number of hydrogen-bond acceptors (Lipinski definition) is 4. The Balaban J connectivity index is 1.32. The molecule has 7 aromatic rings. The summed E-state index contributed by atoms with van der Waals surface area (Å²) >= 11 is 0. The lowest BCUT2D eigenvalue weighted by molar-refractivity contribution is 0.414. The molecule has 0 saturated carbocycles. The van der Waals surface area contributed by atoms with E-state index in [0.717, 1.165) is 56.3 Å². The highest BCUT2D eigenvalue weighted by Crippen LogP contribution is 2.39. The van der Waals surface area contributed by atoms with Gasteiger partial charge in [0.1, 0.15) is 23.1 Å². The van der Waals surface area contributed by atoms with E-state index >= 15 is 0 Å². The summed E-state index contributed by atoms with van der Waals surface area (Å²) in [6.07, 6.45) is 1.77. The van der Waals surface area contributed by atoms with Gasteiger partial charge < -0.3 is 9.47 Å². The van der Waals surface area contributed by atoms with Crippen LogP contribution in [0.4, 0.5) is 0 Å². The highest BCUT2D eigenvalue weighted by molar-refractivity contribution is 6.09. The third-order valence-corrected chi connectivity index (χ3v) is 8.23. The van der Waals surface area contributed by atoms with Gasteiger partial charge in [-0.3, -0.25) is 4.57 Å². The van der Waals surface area contributed by atoms with Gasteiger partial charge in [0, 0.05) is 40.7 Å². The predicted molar refractivity (Wildman–Crippen MR) is 182 cm³/mol. The fraction of sp³-hybridized carbons (Fsp3) is 0.179. The molecule has 6 heteroatoms. The summed E-state index contributed by atoms with van der Waals surface area (Å²) in [5.41, 5.74) is 7.75. The van der Waals surface area contributed by atoms with Crippen molar-refractivity contribution in [2.24, 2.45) is 0 Å². The third-order valence-electron chi connectivity index (χ3n) is 8.23. The molecule has 0 unspecified atom stereocenters. The van der Waals surface area contributed by atoms with Crippen LogP contribution in [0, 0.1) is 0 Å². The second kappa shape index (κ2) is 11.6. The van der Waals surface area contributed by atoms with Gasteiger partial charge >= 0.3 is 0 Å². The fourth-order valence-corrected chi connectivity index (χ4v) is 6.21. The first-order valence-corrected chi connectivity index (χ1v) is 15.4.